The molecule has 0 bridgehead atoms. The summed E-state index contributed by atoms with van der Waals surface area (Å²) in [6, 6.07) is 0.458. The van der Waals surface area contributed by atoms with Gasteiger partial charge in [0.15, 0.2) is 0 Å². The maximum absolute atomic E-state index is 12.5. The van der Waals surface area contributed by atoms with Gasteiger partial charge in [-0.2, -0.15) is 0 Å². The molecule has 2 aliphatic heterocycles. The first-order valence-corrected chi connectivity index (χ1v) is 8.85. The van der Waals surface area contributed by atoms with Gasteiger partial charge in [-0.3, -0.25) is 10.1 Å². The number of amides is 3. The van der Waals surface area contributed by atoms with Crippen molar-refractivity contribution >= 4 is 17.9 Å². The minimum absolute atomic E-state index is 0.0417. The first kappa shape index (κ1) is 15.3. The number of hydrogen-bond acceptors (Lipinski definition) is 5. The lowest BCUT2D eigenvalue weighted by Gasteiger charge is -2.33. The Morgan fingerprint density at radius 3 is 2.29 bits per heavy atom. The van der Waals surface area contributed by atoms with Crippen molar-refractivity contribution in [2.45, 2.75) is 44.6 Å². The lowest BCUT2D eigenvalue weighted by Crippen LogP contribution is -2.47. The van der Waals surface area contributed by atoms with E-state index in [-0.39, 0.29) is 17.9 Å². The lowest BCUT2D eigenvalue weighted by molar-refractivity contribution is -0.121. The van der Waals surface area contributed by atoms with Crippen molar-refractivity contribution in [2.75, 3.05) is 31.5 Å². The standard InChI is InChI=1S/C15H23N7O2/c23-13(16-14-17-18-19-22(14)12-3-4-12)11-5-9-21(10-6-11)15(24)20-7-1-2-8-20/h11-12H,1-10H2,(H,16,17,19,23). The summed E-state index contributed by atoms with van der Waals surface area (Å²) in [5.74, 6) is 0.315. The smallest absolute Gasteiger partial charge is 0.319 e. The van der Waals surface area contributed by atoms with E-state index in [0.717, 1.165) is 38.8 Å². The Balaban J connectivity index is 1.29. The van der Waals surface area contributed by atoms with Crippen molar-refractivity contribution in [3.05, 3.63) is 0 Å². The molecule has 2 saturated heterocycles. The van der Waals surface area contributed by atoms with E-state index in [1.165, 1.54) is 0 Å². The van der Waals surface area contributed by atoms with Crippen LogP contribution in [0.4, 0.5) is 10.7 Å². The number of hydrogen-bond donors (Lipinski definition) is 1. The molecule has 0 radical (unpaired) electrons. The van der Waals surface area contributed by atoms with E-state index >= 15 is 0 Å². The summed E-state index contributed by atoms with van der Waals surface area (Å²) in [6.45, 7) is 3.01. The molecule has 0 aromatic carbocycles. The first-order chi connectivity index (χ1) is 11.7. The van der Waals surface area contributed by atoms with Crippen LogP contribution < -0.4 is 5.32 Å². The lowest BCUT2D eigenvalue weighted by atomic mass is 9.96. The average Bonchev–Trinajstić information content (AvgIpc) is 3.11. The molecule has 24 heavy (non-hydrogen) atoms. The van der Waals surface area contributed by atoms with Crippen molar-refractivity contribution < 1.29 is 9.59 Å². The molecule has 0 atom stereocenters. The minimum Gasteiger partial charge on any atom is -0.325 e. The Hall–Kier alpha value is -2.19. The highest BCUT2D eigenvalue weighted by atomic mass is 16.2. The Labute approximate surface area is 140 Å². The number of anilines is 1. The van der Waals surface area contributed by atoms with Gasteiger partial charge in [-0.1, -0.05) is 5.10 Å². The summed E-state index contributed by atoms with van der Waals surface area (Å²) in [6.07, 6.45) is 5.70. The Morgan fingerprint density at radius 1 is 0.958 bits per heavy atom. The van der Waals surface area contributed by atoms with Crippen molar-refractivity contribution in [2.24, 2.45) is 5.92 Å². The van der Waals surface area contributed by atoms with Crippen molar-refractivity contribution in [3.63, 3.8) is 0 Å². The SMILES string of the molecule is O=C(Nc1nnnn1C1CC1)C1CCN(C(=O)N2CCCC2)CC1. The zero-order valence-corrected chi connectivity index (χ0v) is 13.7. The van der Waals surface area contributed by atoms with Crippen LogP contribution in [-0.4, -0.2) is 68.1 Å². The van der Waals surface area contributed by atoms with Gasteiger partial charge in [-0.05, 0) is 49.0 Å². The zero-order valence-electron chi connectivity index (χ0n) is 13.7. The first-order valence-electron chi connectivity index (χ1n) is 8.85. The maximum Gasteiger partial charge on any atom is 0.319 e. The largest absolute Gasteiger partial charge is 0.325 e. The molecule has 1 aromatic rings. The predicted octanol–water partition coefficient (Wildman–Crippen LogP) is 0.874. The molecule has 0 spiro atoms. The van der Waals surface area contributed by atoms with E-state index < -0.39 is 0 Å². The van der Waals surface area contributed by atoms with Gasteiger partial charge in [-0.25, -0.2) is 9.48 Å². The fourth-order valence-electron chi connectivity index (χ4n) is 3.49. The highest BCUT2D eigenvalue weighted by Crippen LogP contribution is 2.35. The van der Waals surface area contributed by atoms with Gasteiger partial charge in [0.05, 0.1) is 6.04 Å². The molecule has 1 saturated carbocycles. The number of rotatable bonds is 3. The van der Waals surface area contributed by atoms with Crippen molar-refractivity contribution in [1.82, 2.24) is 30.0 Å². The van der Waals surface area contributed by atoms with Gasteiger partial charge in [0.1, 0.15) is 0 Å². The molecule has 9 nitrogen and oxygen atoms in total. The number of nitrogens with one attached hydrogen (secondary N) is 1. The third-order valence-corrected chi connectivity index (χ3v) is 5.13. The zero-order chi connectivity index (χ0) is 16.5. The fourth-order valence-corrected chi connectivity index (χ4v) is 3.49. The van der Waals surface area contributed by atoms with Gasteiger partial charge in [0, 0.05) is 32.1 Å². The van der Waals surface area contributed by atoms with E-state index in [2.05, 4.69) is 20.8 Å². The summed E-state index contributed by atoms with van der Waals surface area (Å²) in [5, 5.41) is 14.4. The van der Waals surface area contributed by atoms with Gasteiger partial charge < -0.3 is 9.80 Å². The van der Waals surface area contributed by atoms with Gasteiger partial charge >= 0.3 is 6.03 Å². The molecule has 1 N–H and O–H groups in total. The summed E-state index contributed by atoms with van der Waals surface area (Å²) in [5.41, 5.74) is 0. The molecule has 9 heteroatoms. The predicted molar refractivity (Wildman–Crippen MR) is 85.2 cm³/mol. The maximum atomic E-state index is 12.5. The molecule has 3 aliphatic rings. The van der Waals surface area contributed by atoms with Gasteiger partial charge in [-0.15, -0.1) is 0 Å². The van der Waals surface area contributed by atoms with E-state index in [4.69, 9.17) is 0 Å². The third kappa shape index (κ3) is 3.07. The molecular formula is C15H23N7O2. The quantitative estimate of drug-likeness (QED) is 0.885. The number of nitrogens with zero attached hydrogens (tertiary/aromatic N) is 6. The number of carbonyl (C=O) groups is 2. The Kier molecular flexibility index (Phi) is 4.07. The van der Waals surface area contributed by atoms with Crippen LogP contribution in [0, 0.1) is 5.92 Å². The summed E-state index contributed by atoms with van der Waals surface area (Å²) in [4.78, 5) is 28.6. The topological polar surface area (TPSA) is 96.3 Å². The molecular weight excluding hydrogens is 310 g/mol. The van der Waals surface area contributed by atoms with Crippen LogP contribution >= 0.6 is 0 Å². The molecule has 3 amide bonds. The summed E-state index contributed by atoms with van der Waals surface area (Å²) >= 11 is 0. The van der Waals surface area contributed by atoms with Crippen LogP contribution in [0.2, 0.25) is 0 Å². The van der Waals surface area contributed by atoms with Gasteiger partial charge in [0.2, 0.25) is 11.9 Å². The number of piperidine rings is 1. The van der Waals surface area contributed by atoms with Crippen LogP contribution in [-0.2, 0) is 4.79 Å². The van der Waals surface area contributed by atoms with Gasteiger partial charge in [0.25, 0.3) is 0 Å². The summed E-state index contributed by atoms with van der Waals surface area (Å²) in [7, 11) is 0. The molecule has 1 aromatic heterocycles. The van der Waals surface area contributed by atoms with Crippen LogP contribution in [0.25, 0.3) is 0 Å². The number of likely N-dealkylation sites (tertiary alicyclic amines) is 2. The van der Waals surface area contributed by atoms with E-state index in [1.807, 2.05) is 9.80 Å². The van der Waals surface area contributed by atoms with Crippen LogP contribution in [0.5, 0.6) is 0 Å². The molecule has 3 fully saturated rings. The van der Waals surface area contributed by atoms with Crippen LogP contribution in [0.3, 0.4) is 0 Å². The second-order valence-electron chi connectivity index (χ2n) is 6.91. The molecule has 3 heterocycles. The van der Waals surface area contributed by atoms with E-state index in [9.17, 15) is 9.59 Å². The van der Waals surface area contributed by atoms with Crippen molar-refractivity contribution in [1.29, 1.82) is 0 Å². The number of tetrazole rings is 1. The summed E-state index contributed by atoms with van der Waals surface area (Å²) < 4.78 is 1.70. The molecule has 0 unspecified atom stereocenters. The average molecular weight is 333 g/mol. The minimum atomic E-state index is -0.0861. The highest BCUT2D eigenvalue weighted by molar-refractivity contribution is 5.91. The fraction of sp³-hybridized carbons (Fsp3) is 0.800. The second-order valence-corrected chi connectivity index (χ2v) is 6.91. The van der Waals surface area contributed by atoms with E-state index in [0.29, 0.717) is 37.9 Å². The number of urea groups is 1. The number of carbonyl (C=O) groups excluding carboxylic acids is 2. The molecule has 1 aliphatic carbocycles. The van der Waals surface area contributed by atoms with Crippen LogP contribution in [0.15, 0.2) is 0 Å². The molecule has 130 valence electrons. The van der Waals surface area contributed by atoms with E-state index in [1.54, 1.807) is 4.68 Å². The Morgan fingerprint density at radius 2 is 1.62 bits per heavy atom. The van der Waals surface area contributed by atoms with Crippen molar-refractivity contribution in [3.8, 4) is 0 Å². The molecule has 4 rings (SSSR count). The van der Waals surface area contributed by atoms with Crippen LogP contribution in [0.1, 0.15) is 44.6 Å². The second kappa shape index (κ2) is 6.37. The third-order valence-electron chi connectivity index (χ3n) is 5.13. The highest BCUT2D eigenvalue weighted by Gasteiger charge is 2.32. The normalized spacial score (nSPS) is 22.0. The Bertz CT molecular complexity index is 613. The number of aromatic nitrogens is 4. The monoisotopic (exact) mass is 333 g/mol.